The summed E-state index contributed by atoms with van der Waals surface area (Å²) < 4.78 is 23.1. The molecule has 0 aliphatic rings. The van der Waals surface area contributed by atoms with Gasteiger partial charge in [-0.2, -0.15) is 0 Å². The zero-order valence-electron chi connectivity index (χ0n) is 11.8. The average molecular weight is 289 g/mol. The van der Waals surface area contributed by atoms with Crippen molar-refractivity contribution in [2.75, 3.05) is 19.5 Å². The minimum Gasteiger partial charge on any atom is -0.496 e. The van der Waals surface area contributed by atoms with Crippen molar-refractivity contribution in [3.63, 3.8) is 0 Å². The van der Waals surface area contributed by atoms with E-state index < -0.39 is 12.0 Å². The predicted molar refractivity (Wildman–Crippen MR) is 77.8 cm³/mol. The molecule has 110 valence electrons. The fourth-order valence-corrected chi connectivity index (χ4v) is 2.00. The third-order valence-corrected chi connectivity index (χ3v) is 3.04. The highest BCUT2D eigenvalue weighted by atomic mass is 19.1. The molecule has 0 aliphatic heterocycles. The number of esters is 1. The standard InChI is InChI=1S/C16H16FNO3/c1-20-14-6-4-3-5-13(14)15(16(19)21-2)18-12-9-7-11(17)8-10-12/h3-10,15,18H,1-2H3. The van der Waals surface area contributed by atoms with Crippen LogP contribution in [0.5, 0.6) is 5.75 Å². The Bertz CT molecular complexity index is 613. The Morgan fingerprint density at radius 2 is 1.76 bits per heavy atom. The largest absolute Gasteiger partial charge is 0.496 e. The van der Waals surface area contributed by atoms with Gasteiger partial charge in [0.2, 0.25) is 0 Å². The molecule has 21 heavy (non-hydrogen) atoms. The molecule has 1 atom stereocenters. The van der Waals surface area contributed by atoms with Gasteiger partial charge in [-0.25, -0.2) is 9.18 Å². The van der Waals surface area contributed by atoms with Gasteiger partial charge in [-0.05, 0) is 30.3 Å². The molecule has 2 rings (SSSR count). The summed E-state index contributed by atoms with van der Waals surface area (Å²) in [5.41, 5.74) is 1.26. The number of halogens is 1. The van der Waals surface area contributed by atoms with Crippen molar-refractivity contribution in [3.8, 4) is 5.75 Å². The van der Waals surface area contributed by atoms with Crippen LogP contribution < -0.4 is 10.1 Å². The number of carbonyl (C=O) groups excluding carboxylic acids is 1. The molecule has 2 aromatic rings. The van der Waals surface area contributed by atoms with Crippen LogP contribution in [0.3, 0.4) is 0 Å². The van der Waals surface area contributed by atoms with Crippen LogP contribution in [-0.4, -0.2) is 20.2 Å². The maximum absolute atomic E-state index is 13.0. The molecule has 5 heteroatoms. The first-order valence-corrected chi connectivity index (χ1v) is 6.38. The minimum absolute atomic E-state index is 0.340. The number of hydrogen-bond acceptors (Lipinski definition) is 4. The van der Waals surface area contributed by atoms with E-state index in [4.69, 9.17) is 9.47 Å². The fraction of sp³-hybridized carbons (Fsp3) is 0.188. The number of hydrogen-bond donors (Lipinski definition) is 1. The number of para-hydroxylation sites is 1. The summed E-state index contributed by atoms with van der Waals surface area (Å²) in [5.74, 6) is -0.223. The zero-order valence-corrected chi connectivity index (χ0v) is 11.8. The van der Waals surface area contributed by atoms with Gasteiger partial charge < -0.3 is 14.8 Å². The summed E-state index contributed by atoms with van der Waals surface area (Å²) in [5, 5.41) is 3.03. The third kappa shape index (κ3) is 3.51. The maximum Gasteiger partial charge on any atom is 0.333 e. The number of rotatable bonds is 5. The van der Waals surface area contributed by atoms with Gasteiger partial charge in [0.05, 0.1) is 14.2 Å². The summed E-state index contributed by atoms with van der Waals surface area (Å²) in [6.07, 6.45) is 0. The normalized spacial score (nSPS) is 11.6. The Labute approximate surface area is 122 Å². The molecule has 1 unspecified atom stereocenters. The first-order chi connectivity index (χ1) is 10.2. The topological polar surface area (TPSA) is 47.6 Å². The van der Waals surface area contributed by atoms with Crippen LogP contribution in [0.2, 0.25) is 0 Å². The van der Waals surface area contributed by atoms with E-state index in [0.717, 1.165) is 0 Å². The van der Waals surface area contributed by atoms with Crippen molar-refractivity contribution >= 4 is 11.7 Å². The highest BCUT2D eigenvalue weighted by molar-refractivity contribution is 5.82. The van der Waals surface area contributed by atoms with Gasteiger partial charge in [0, 0.05) is 11.3 Å². The van der Waals surface area contributed by atoms with E-state index in [-0.39, 0.29) is 5.82 Å². The van der Waals surface area contributed by atoms with Crippen molar-refractivity contribution < 1.29 is 18.7 Å². The number of anilines is 1. The monoisotopic (exact) mass is 289 g/mol. The van der Waals surface area contributed by atoms with E-state index >= 15 is 0 Å². The van der Waals surface area contributed by atoms with E-state index in [0.29, 0.717) is 17.0 Å². The molecule has 1 N–H and O–H groups in total. The smallest absolute Gasteiger partial charge is 0.333 e. The lowest BCUT2D eigenvalue weighted by atomic mass is 10.1. The van der Waals surface area contributed by atoms with Gasteiger partial charge >= 0.3 is 5.97 Å². The van der Waals surface area contributed by atoms with Crippen LogP contribution in [0.1, 0.15) is 11.6 Å². The molecule has 0 aromatic heterocycles. The summed E-state index contributed by atoms with van der Waals surface area (Å²) in [4.78, 5) is 12.0. The van der Waals surface area contributed by atoms with Crippen molar-refractivity contribution in [1.29, 1.82) is 0 Å². The molecule has 0 saturated heterocycles. The van der Waals surface area contributed by atoms with E-state index in [1.54, 1.807) is 30.3 Å². The first kappa shape index (κ1) is 14.8. The molecule has 2 aromatic carbocycles. The van der Waals surface area contributed by atoms with E-state index in [2.05, 4.69) is 5.32 Å². The summed E-state index contributed by atoms with van der Waals surface area (Å²) in [6, 6.07) is 12.2. The second-order valence-corrected chi connectivity index (χ2v) is 4.35. The molecule has 4 nitrogen and oxygen atoms in total. The van der Waals surface area contributed by atoms with Gasteiger partial charge in [-0.15, -0.1) is 0 Å². The average Bonchev–Trinajstić information content (AvgIpc) is 2.53. The fourth-order valence-electron chi connectivity index (χ4n) is 2.00. The summed E-state index contributed by atoms with van der Waals surface area (Å²) >= 11 is 0. The van der Waals surface area contributed by atoms with Crippen LogP contribution in [-0.2, 0) is 9.53 Å². The first-order valence-electron chi connectivity index (χ1n) is 6.38. The number of benzene rings is 2. The Morgan fingerprint density at radius 3 is 2.38 bits per heavy atom. The van der Waals surface area contributed by atoms with Crippen molar-refractivity contribution in [2.24, 2.45) is 0 Å². The molecular weight excluding hydrogens is 273 g/mol. The molecule has 0 aliphatic carbocycles. The highest BCUT2D eigenvalue weighted by Crippen LogP contribution is 2.28. The van der Waals surface area contributed by atoms with Gasteiger partial charge in [0.25, 0.3) is 0 Å². The van der Waals surface area contributed by atoms with E-state index in [1.165, 1.54) is 26.4 Å². The molecule has 0 bridgehead atoms. The van der Waals surface area contributed by atoms with Crippen LogP contribution in [0.25, 0.3) is 0 Å². The Kier molecular flexibility index (Phi) is 4.77. The minimum atomic E-state index is -0.739. The predicted octanol–water partition coefficient (Wildman–Crippen LogP) is 3.16. The third-order valence-electron chi connectivity index (χ3n) is 3.04. The lowest BCUT2D eigenvalue weighted by Gasteiger charge is -2.20. The molecule has 0 amide bonds. The van der Waals surface area contributed by atoms with Crippen LogP contribution in [0, 0.1) is 5.82 Å². The second kappa shape index (κ2) is 6.74. The van der Waals surface area contributed by atoms with E-state index in [9.17, 15) is 9.18 Å². The quantitative estimate of drug-likeness (QED) is 0.859. The molecule has 0 spiro atoms. The van der Waals surface area contributed by atoms with Crippen LogP contribution in [0.15, 0.2) is 48.5 Å². The van der Waals surface area contributed by atoms with Gasteiger partial charge in [0.15, 0.2) is 6.04 Å². The Hall–Kier alpha value is -2.56. The molecule has 0 radical (unpaired) electrons. The van der Waals surface area contributed by atoms with E-state index in [1.807, 2.05) is 6.07 Å². The highest BCUT2D eigenvalue weighted by Gasteiger charge is 2.24. The van der Waals surface area contributed by atoms with Crippen LogP contribution >= 0.6 is 0 Å². The van der Waals surface area contributed by atoms with Crippen molar-refractivity contribution in [2.45, 2.75) is 6.04 Å². The van der Waals surface area contributed by atoms with Crippen LogP contribution in [0.4, 0.5) is 10.1 Å². The number of methoxy groups -OCH3 is 2. The number of nitrogens with one attached hydrogen (secondary N) is 1. The molecule has 0 saturated carbocycles. The second-order valence-electron chi connectivity index (χ2n) is 4.35. The molecular formula is C16H16FNO3. The Morgan fingerprint density at radius 1 is 1.10 bits per heavy atom. The summed E-state index contributed by atoms with van der Waals surface area (Å²) in [7, 11) is 2.85. The summed E-state index contributed by atoms with van der Waals surface area (Å²) in [6.45, 7) is 0. The van der Waals surface area contributed by atoms with Gasteiger partial charge in [-0.3, -0.25) is 0 Å². The molecule has 0 fully saturated rings. The molecule has 0 heterocycles. The zero-order chi connectivity index (χ0) is 15.2. The van der Waals surface area contributed by atoms with Gasteiger partial charge in [0.1, 0.15) is 11.6 Å². The number of carbonyl (C=O) groups is 1. The lowest BCUT2D eigenvalue weighted by molar-refractivity contribution is -0.141. The Balaban J connectivity index is 2.34. The van der Waals surface area contributed by atoms with Crippen molar-refractivity contribution in [3.05, 3.63) is 59.9 Å². The van der Waals surface area contributed by atoms with Crippen molar-refractivity contribution in [1.82, 2.24) is 0 Å². The number of ether oxygens (including phenoxy) is 2. The SMILES string of the molecule is COC(=O)C(Nc1ccc(F)cc1)c1ccccc1OC. The van der Waals surface area contributed by atoms with Gasteiger partial charge in [-0.1, -0.05) is 18.2 Å². The maximum atomic E-state index is 13.0. The lowest BCUT2D eigenvalue weighted by Crippen LogP contribution is -2.22.